The van der Waals surface area contributed by atoms with Gasteiger partial charge in [-0.05, 0) is 101 Å². The molecule has 0 atom stereocenters. The van der Waals surface area contributed by atoms with Crippen LogP contribution in [0.4, 0.5) is 0 Å². The summed E-state index contributed by atoms with van der Waals surface area (Å²) in [6.07, 6.45) is 6.37. The predicted octanol–water partition coefficient (Wildman–Crippen LogP) is 2.19. The van der Waals surface area contributed by atoms with Gasteiger partial charge in [0, 0.05) is 39.1 Å². The molecule has 6 N–H and O–H groups in total. The molecule has 20 heteroatoms. The van der Waals surface area contributed by atoms with Crippen LogP contribution in [0, 0.1) is 6.92 Å². The van der Waals surface area contributed by atoms with E-state index in [1.807, 2.05) is 62.3 Å². The Balaban J connectivity index is -0.000000159. The summed E-state index contributed by atoms with van der Waals surface area (Å²) in [6, 6.07) is 0. The van der Waals surface area contributed by atoms with Crippen LogP contribution in [0.25, 0.3) is 0 Å². The van der Waals surface area contributed by atoms with Crippen LogP contribution in [0.2, 0.25) is 0 Å². The zero-order valence-corrected chi connectivity index (χ0v) is 36.6. The Bertz CT molecular complexity index is 1240. The Hall–Kier alpha value is 1.11. The van der Waals surface area contributed by atoms with E-state index in [1.54, 1.807) is 0 Å². The number of hydrogen-bond acceptors (Lipinski definition) is 9. The summed E-state index contributed by atoms with van der Waals surface area (Å²) in [5.41, 5.74) is 4.62. The molecule has 0 aromatic rings. The molecule has 0 aliphatic heterocycles. The molecule has 0 aromatic heterocycles. The van der Waals surface area contributed by atoms with Crippen molar-refractivity contribution in [3.8, 4) is 0 Å². The van der Waals surface area contributed by atoms with Gasteiger partial charge in [-0.25, -0.2) is 48.3 Å². The van der Waals surface area contributed by atoms with Crippen molar-refractivity contribution < 1.29 is 52.5 Å². The number of sulfonamides is 3. The van der Waals surface area contributed by atoms with Gasteiger partial charge in [0.1, 0.15) is 0 Å². The van der Waals surface area contributed by atoms with Gasteiger partial charge >= 0.3 is 18.9 Å². The number of alkyl halides is 2. The molecular formula is C28H64Cl3LiN4O8S4. The maximum Gasteiger partial charge on any atom is 1.00 e. The van der Waals surface area contributed by atoms with Gasteiger partial charge in [-0.15, -0.1) is 23.2 Å². The zero-order valence-electron chi connectivity index (χ0n) is 31.0. The molecule has 0 radical (unpaired) electrons. The number of nitrogens with two attached hydrogens (primary N) is 2. The first kappa shape index (κ1) is 58.4. The molecule has 0 saturated heterocycles. The zero-order chi connectivity index (χ0) is 38.6. The molecule has 0 heterocycles. The SMILES string of the molecule is CC(C)(C)N.CC(C)(C)NS(=O)(=O)C1CC1.CC(C)(C)NS(=O)(=O)CCCCl.NS(=O)(=O)C1CC1.O=S(=O)(Cl)CCCCl.[CH2-]CCC.[Li+]. The van der Waals surface area contributed by atoms with Crippen LogP contribution >= 0.6 is 33.9 Å². The molecule has 0 spiro atoms. The van der Waals surface area contributed by atoms with Crippen LogP contribution in [0.15, 0.2) is 0 Å². The first-order valence-electron chi connectivity index (χ1n) is 15.3. The second kappa shape index (κ2) is 26.8. The molecule has 2 aliphatic rings. The third-order valence-electron chi connectivity index (χ3n) is 4.28. The van der Waals surface area contributed by atoms with Crippen molar-refractivity contribution >= 4 is 73.0 Å². The van der Waals surface area contributed by atoms with Gasteiger partial charge in [-0.3, -0.25) is 0 Å². The van der Waals surface area contributed by atoms with E-state index < -0.39 is 44.7 Å². The van der Waals surface area contributed by atoms with E-state index in [4.69, 9.17) is 44.8 Å². The van der Waals surface area contributed by atoms with Gasteiger partial charge in [0.15, 0.2) is 0 Å². The van der Waals surface area contributed by atoms with Gasteiger partial charge in [0.25, 0.3) is 0 Å². The van der Waals surface area contributed by atoms with Crippen LogP contribution in [0.1, 0.15) is 121 Å². The Kier molecular flexibility index (Phi) is 32.6. The average molecular weight is 826 g/mol. The molecule has 2 aliphatic carbocycles. The Morgan fingerprint density at radius 2 is 1.02 bits per heavy atom. The summed E-state index contributed by atoms with van der Waals surface area (Å²) < 4.78 is 90.8. The fourth-order valence-corrected chi connectivity index (χ4v) is 7.80. The summed E-state index contributed by atoms with van der Waals surface area (Å²) in [5, 5.41) is 4.40. The molecule has 48 heavy (non-hydrogen) atoms. The smallest absolute Gasteiger partial charge is 0.343 e. The summed E-state index contributed by atoms with van der Waals surface area (Å²) in [6.45, 7) is 22.6. The monoisotopic (exact) mass is 824 g/mol. The maximum absolute atomic E-state index is 11.3. The summed E-state index contributed by atoms with van der Waals surface area (Å²) in [4.78, 5) is 0. The first-order chi connectivity index (χ1) is 20.7. The molecular weight excluding hydrogens is 762 g/mol. The number of halogens is 3. The third kappa shape index (κ3) is 56.5. The van der Waals surface area contributed by atoms with E-state index >= 15 is 0 Å². The maximum atomic E-state index is 11.3. The van der Waals surface area contributed by atoms with Crippen molar-refractivity contribution in [1.82, 2.24) is 9.44 Å². The largest absolute Gasteiger partial charge is 1.00 e. The predicted molar refractivity (Wildman–Crippen MR) is 202 cm³/mol. The van der Waals surface area contributed by atoms with Crippen molar-refractivity contribution in [3.63, 3.8) is 0 Å². The van der Waals surface area contributed by atoms with Crippen LogP contribution < -0.4 is 39.2 Å². The van der Waals surface area contributed by atoms with Gasteiger partial charge in [-0.2, -0.15) is 6.42 Å². The fourth-order valence-electron chi connectivity index (χ4n) is 2.27. The second-order valence-electron chi connectivity index (χ2n) is 14.1. The van der Waals surface area contributed by atoms with Gasteiger partial charge in [0.2, 0.25) is 39.1 Å². The summed E-state index contributed by atoms with van der Waals surface area (Å²) >= 11 is 10.6. The Morgan fingerprint density at radius 3 is 1.19 bits per heavy atom. The van der Waals surface area contributed by atoms with Crippen LogP contribution in [0.3, 0.4) is 0 Å². The summed E-state index contributed by atoms with van der Waals surface area (Å²) in [7, 11) is -7.73. The second-order valence-corrected chi connectivity index (χ2v) is 23.4. The minimum Gasteiger partial charge on any atom is -0.343 e. The van der Waals surface area contributed by atoms with E-state index in [0.717, 1.165) is 32.1 Å². The quantitative estimate of drug-likeness (QED) is 0.104. The molecule has 290 valence electrons. The average Bonchev–Trinajstić information content (AvgIpc) is 3.69. The van der Waals surface area contributed by atoms with E-state index in [1.165, 1.54) is 6.42 Å². The van der Waals surface area contributed by atoms with Crippen LogP contribution in [0.5, 0.6) is 0 Å². The molecule has 0 aromatic carbocycles. The van der Waals surface area contributed by atoms with Crippen molar-refractivity contribution in [1.29, 1.82) is 0 Å². The number of hydrogen-bond donors (Lipinski definition) is 4. The normalized spacial score (nSPS) is 15.1. The number of nitrogens with one attached hydrogen (secondary N) is 2. The van der Waals surface area contributed by atoms with Crippen molar-refractivity contribution in [2.75, 3.05) is 23.3 Å². The molecule has 12 nitrogen and oxygen atoms in total. The molecule has 0 bridgehead atoms. The van der Waals surface area contributed by atoms with E-state index in [0.29, 0.717) is 24.6 Å². The number of unbranched alkanes of at least 4 members (excludes halogenated alkanes) is 1. The standard InChI is InChI=1S/C7H16ClNO2S.C7H15NO2S.C4H11N.C4H9.C3H6Cl2O2S.C3H7NO2S.Li/c1-7(2,3)9-12(10,11)6-4-5-8;1-7(2,3)8-11(9,10)6-4-5-6;1-4(2,3)5;1-3-4-2;4-2-1-3-8(5,6)7;4-7(5,6)3-1-2-3;/h9H,4-6H2,1-3H3;6,8H,4-5H2,1-3H3;5H2,1-3H3;1,3-4H2,2H3;1-3H2;3H,1-2H2,(H2,4,5,6);/q;;;-1;;;+1. The summed E-state index contributed by atoms with van der Waals surface area (Å²) in [5.74, 6) is 0.794. The molecule has 0 unspecified atom stereocenters. The van der Waals surface area contributed by atoms with E-state index in [2.05, 4.69) is 23.3 Å². The van der Waals surface area contributed by atoms with Gasteiger partial charge in [0.05, 0.1) is 22.0 Å². The van der Waals surface area contributed by atoms with Gasteiger partial charge < -0.3 is 12.7 Å². The van der Waals surface area contributed by atoms with E-state index in [9.17, 15) is 33.7 Å². The first-order valence-corrected chi connectivity index (χ1v) is 23.7. The topological polar surface area (TPSA) is 213 Å². The van der Waals surface area contributed by atoms with E-state index in [-0.39, 0.29) is 51.9 Å². The minimum atomic E-state index is -3.30. The molecule has 0 amide bonds. The van der Waals surface area contributed by atoms with Crippen LogP contribution in [-0.4, -0.2) is 84.1 Å². The van der Waals surface area contributed by atoms with Gasteiger partial charge in [-0.1, -0.05) is 13.3 Å². The third-order valence-corrected chi connectivity index (χ3v) is 11.5. The molecule has 2 saturated carbocycles. The minimum absolute atomic E-state index is 0. The van der Waals surface area contributed by atoms with Crippen LogP contribution in [-0.2, 0) is 39.1 Å². The van der Waals surface area contributed by atoms with Crippen molar-refractivity contribution in [2.45, 2.75) is 148 Å². The Labute approximate surface area is 321 Å². The number of rotatable bonds is 11. The van der Waals surface area contributed by atoms with Crippen molar-refractivity contribution in [2.24, 2.45) is 10.9 Å². The molecule has 2 rings (SSSR count). The fraction of sp³-hybridized carbons (Fsp3) is 0.964. The Morgan fingerprint density at radius 1 is 0.708 bits per heavy atom. The number of primary sulfonamides is 1. The van der Waals surface area contributed by atoms with Crippen molar-refractivity contribution in [3.05, 3.63) is 6.92 Å². The molecule has 2 fully saturated rings.